The average Bonchev–Trinajstić information content (AvgIpc) is 3.65. The summed E-state index contributed by atoms with van der Waals surface area (Å²) in [6.45, 7) is 8.26. The molecular weight excluding hydrogens is 611 g/mol. The SMILES string of the molecule is CCOC(=O)C1=C(CN2CCN3C(=O)N(Cc4cccc(C(=O)O)c4)CC3(C)C2)NC(c2nccs2)=NC1c1cccc(F)c1C. The molecule has 2 unspecified atom stereocenters. The number of halogens is 1. The zero-order chi connectivity index (χ0) is 32.6. The number of amides is 2. The van der Waals surface area contributed by atoms with E-state index in [1.165, 1.54) is 23.5 Å². The Kier molecular flexibility index (Phi) is 8.62. The number of aliphatic imine (C=N–C) groups is 1. The second-order valence-electron chi connectivity index (χ2n) is 11.9. The number of carbonyl (C=O) groups excluding carboxylic acids is 2. The van der Waals surface area contributed by atoms with Crippen molar-refractivity contribution in [2.24, 2.45) is 4.99 Å². The minimum atomic E-state index is -1.01. The van der Waals surface area contributed by atoms with Gasteiger partial charge in [-0.15, -0.1) is 11.3 Å². The van der Waals surface area contributed by atoms with Gasteiger partial charge in [-0.3, -0.25) is 9.89 Å². The molecule has 0 radical (unpaired) electrons. The Morgan fingerprint density at radius 2 is 1.98 bits per heavy atom. The average molecular weight is 647 g/mol. The zero-order valence-electron chi connectivity index (χ0n) is 25.8. The number of thiazole rings is 1. The van der Waals surface area contributed by atoms with Crippen molar-refractivity contribution < 1.29 is 28.6 Å². The van der Waals surface area contributed by atoms with E-state index in [1.54, 1.807) is 49.2 Å². The Hall–Kier alpha value is -4.62. The summed E-state index contributed by atoms with van der Waals surface area (Å²) in [5.41, 5.74) is 2.27. The minimum absolute atomic E-state index is 0.0927. The second-order valence-corrected chi connectivity index (χ2v) is 12.8. The molecular formula is C33H35FN6O5S. The van der Waals surface area contributed by atoms with Crippen LogP contribution in [0, 0.1) is 12.7 Å². The third kappa shape index (κ3) is 5.99. The lowest BCUT2D eigenvalue weighted by molar-refractivity contribution is -0.139. The van der Waals surface area contributed by atoms with Crippen LogP contribution in [0.2, 0.25) is 0 Å². The summed E-state index contributed by atoms with van der Waals surface area (Å²) in [6.07, 6.45) is 1.68. The van der Waals surface area contributed by atoms with Crippen molar-refractivity contribution in [2.75, 3.05) is 39.3 Å². The standard InChI is InChI=1S/C33H35FN6O5S/c1-4-45-31(43)26-25(36-28(29-35-11-14-46-29)37-27(26)23-9-6-10-24(34)20(23)2)17-38-12-13-40-32(44)39(19-33(40,3)18-38)16-21-7-5-8-22(15-21)30(41)42/h5-11,14-15,27H,4,12-13,16-19H2,1-3H3,(H,36,37)(H,41,42). The molecule has 0 spiro atoms. The highest BCUT2D eigenvalue weighted by Gasteiger charge is 2.49. The lowest BCUT2D eigenvalue weighted by atomic mass is 9.91. The molecule has 2 fully saturated rings. The van der Waals surface area contributed by atoms with Crippen LogP contribution in [0.15, 0.2) is 70.3 Å². The van der Waals surface area contributed by atoms with Crippen LogP contribution in [0.4, 0.5) is 9.18 Å². The first-order valence-electron chi connectivity index (χ1n) is 15.1. The number of rotatable bonds is 9. The minimum Gasteiger partial charge on any atom is -0.478 e. The van der Waals surface area contributed by atoms with Crippen LogP contribution < -0.4 is 5.32 Å². The van der Waals surface area contributed by atoms with E-state index in [0.717, 1.165) is 5.56 Å². The van der Waals surface area contributed by atoms with Gasteiger partial charge in [-0.2, -0.15) is 0 Å². The molecule has 2 atom stereocenters. The molecule has 2 aromatic carbocycles. The molecule has 13 heteroatoms. The van der Waals surface area contributed by atoms with Crippen LogP contribution in [0.3, 0.4) is 0 Å². The third-order valence-corrected chi connectivity index (χ3v) is 9.46. The number of carbonyl (C=O) groups is 3. The molecule has 46 heavy (non-hydrogen) atoms. The number of carboxylic acids is 1. The lowest BCUT2D eigenvalue weighted by Crippen LogP contribution is -2.60. The highest BCUT2D eigenvalue weighted by atomic mass is 32.1. The van der Waals surface area contributed by atoms with Gasteiger partial charge in [0.1, 0.15) is 11.9 Å². The number of aromatic nitrogens is 1. The van der Waals surface area contributed by atoms with E-state index in [2.05, 4.69) is 15.2 Å². The van der Waals surface area contributed by atoms with Gasteiger partial charge in [0.15, 0.2) is 10.8 Å². The summed E-state index contributed by atoms with van der Waals surface area (Å²) < 4.78 is 20.3. The Labute approximate surface area is 270 Å². The normalized spacial score (nSPS) is 21.6. The van der Waals surface area contributed by atoms with Crippen molar-refractivity contribution in [1.29, 1.82) is 0 Å². The number of ether oxygens (including phenoxy) is 1. The van der Waals surface area contributed by atoms with E-state index in [9.17, 15) is 23.9 Å². The summed E-state index contributed by atoms with van der Waals surface area (Å²) in [6, 6.07) is 10.5. The number of aromatic carboxylic acids is 1. The molecule has 2 amide bonds. The third-order valence-electron chi connectivity index (χ3n) is 8.68. The summed E-state index contributed by atoms with van der Waals surface area (Å²) in [4.78, 5) is 53.7. The molecule has 1 aromatic heterocycles. The Morgan fingerprint density at radius 3 is 2.72 bits per heavy atom. The number of hydrogen-bond donors (Lipinski definition) is 2. The van der Waals surface area contributed by atoms with E-state index in [1.807, 2.05) is 23.3 Å². The first-order valence-corrected chi connectivity index (χ1v) is 16.0. The zero-order valence-corrected chi connectivity index (χ0v) is 26.6. The van der Waals surface area contributed by atoms with Gasteiger partial charge in [0.05, 0.1) is 23.3 Å². The van der Waals surface area contributed by atoms with Crippen LogP contribution in [0.25, 0.3) is 0 Å². The second kappa shape index (κ2) is 12.6. The molecule has 3 aromatic rings. The monoisotopic (exact) mass is 646 g/mol. The quantitative estimate of drug-likeness (QED) is 0.331. The fourth-order valence-electron chi connectivity index (χ4n) is 6.54. The van der Waals surface area contributed by atoms with Gasteiger partial charge in [-0.1, -0.05) is 24.3 Å². The molecule has 0 aliphatic carbocycles. The maximum atomic E-state index is 14.8. The highest BCUT2D eigenvalue weighted by Crippen LogP contribution is 2.37. The number of carboxylic acid groups (broad SMARTS) is 1. The molecule has 0 saturated carbocycles. The van der Waals surface area contributed by atoms with Crippen molar-refractivity contribution >= 4 is 35.1 Å². The number of fused-ring (bicyclic) bond motifs is 1. The fraction of sp³-hybridized carbons (Fsp3) is 0.364. The van der Waals surface area contributed by atoms with Crippen LogP contribution in [-0.2, 0) is 16.1 Å². The molecule has 0 bridgehead atoms. The van der Waals surface area contributed by atoms with Gasteiger partial charge in [-0.05, 0) is 55.7 Å². The van der Waals surface area contributed by atoms with Crippen molar-refractivity contribution in [2.45, 2.75) is 38.9 Å². The number of nitrogens with one attached hydrogen (secondary N) is 1. The maximum Gasteiger partial charge on any atom is 0.338 e. The van der Waals surface area contributed by atoms with Crippen LogP contribution >= 0.6 is 11.3 Å². The Bertz CT molecular complexity index is 1740. The molecule has 11 nitrogen and oxygen atoms in total. The molecule has 2 N–H and O–H groups in total. The van der Waals surface area contributed by atoms with Crippen molar-refractivity contribution in [3.63, 3.8) is 0 Å². The number of esters is 1. The van der Waals surface area contributed by atoms with Gasteiger partial charge in [0.2, 0.25) is 0 Å². The molecule has 3 aliphatic heterocycles. The topological polar surface area (TPSA) is 128 Å². The number of urea groups is 1. The predicted octanol–water partition coefficient (Wildman–Crippen LogP) is 4.21. The van der Waals surface area contributed by atoms with Gasteiger partial charge in [0, 0.05) is 56.5 Å². The number of benzene rings is 2. The maximum absolute atomic E-state index is 14.8. The van der Waals surface area contributed by atoms with Crippen LogP contribution in [0.5, 0.6) is 0 Å². The molecule has 4 heterocycles. The van der Waals surface area contributed by atoms with Gasteiger partial charge in [-0.25, -0.2) is 23.8 Å². The van der Waals surface area contributed by atoms with Gasteiger partial charge in [0.25, 0.3) is 0 Å². The van der Waals surface area contributed by atoms with E-state index in [4.69, 9.17) is 9.73 Å². The summed E-state index contributed by atoms with van der Waals surface area (Å²) in [5, 5.41) is 15.2. The number of hydrogen-bond acceptors (Lipinski definition) is 9. The molecule has 2 saturated heterocycles. The van der Waals surface area contributed by atoms with Crippen LogP contribution in [0.1, 0.15) is 51.9 Å². The molecule has 6 rings (SSSR count). The predicted molar refractivity (Wildman–Crippen MR) is 170 cm³/mol. The lowest BCUT2D eigenvalue weighted by Gasteiger charge is -2.44. The van der Waals surface area contributed by atoms with E-state index >= 15 is 0 Å². The van der Waals surface area contributed by atoms with E-state index in [0.29, 0.717) is 72.5 Å². The summed E-state index contributed by atoms with van der Waals surface area (Å²) in [7, 11) is 0. The molecule has 3 aliphatic rings. The number of nitrogens with zero attached hydrogens (tertiary/aromatic N) is 5. The molecule has 240 valence electrons. The van der Waals surface area contributed by atoms with Crippen LogP contribution in [-0.4, -0.2) is 93.5 Å². The first kappa shape index (κ1) is 31.4. The Balaban J connectivity index is 1.30. The Morgan fingerprint density at radius 1 is 1.17 bits per heavy atom. The van der Waals surface area contributed by atoms with Crippen molar-refractivity contribution in [3.05, 3.63) is 98.4 Å². The van der Waals surface area contributed by atoms with Gasteiger partial charge < -0.3 is 25.0 Å². The largest absolute Gasteiger partial charge is 0.478 e. The highest BCUT2D eigenvalue weighted by molar-refractivity contribution is 7.11. The first-order chi connectivity index (χ1) is 22.1. The summed E-state index contributed by atoms with van der Waals surface area (Å²) in [5.74, 6) is -1.44. The van der Waals surface area contributed by atoms with E-state index < -0.39 is 23.5 Å². The van der Waals surface area contributed by atoms with E-state index in [-0.39, 0.29) is 24.0 Å². The summed E-state index contributed by atoms with van der Waals surface area (Å²) >= 11 is 1.40. The fourth-order valence-corrected chi connectivity index (χ4v) is 7.13. The smallest absolute Gasteiger partial charge is 0.338 e. The van der Waals surface area contributed by atoms with Crippen molar-refractivity contribution in [1.82, 2.24) is 25.0 Å². The number of piperazine rings is 1. The van der Waals surface area contributed by atoms with Gasteiger partial charge >= 0.3 is 18.0 Å². The van der Waals surface area contributed by atoms with Crippen molar-refractivity contribution in [3.8, 4) is 0 Å². The number of amidine groups is 1.